The molecule has 7 heteroatoms. The third-order valence-electron chi connectivity index (χ3n) is 4.55. The standard InChI is InChI=1S/C19H20N4O3/c1-22(11-14-6-7-16-17(10-14)21-26-20-16)19(24)13-23-8-9-25-18-5-3-2-4-15(18)12-23/h2-7,10H,8-9,11-13H2,1H3. The predicted octanol–water partition coefficient (Wildman–Crippen LogP) is 2.08. The van der Waals surface area contributed by atoms with Gasteiger partial charge in [0, 0.05) is 32.2 Å². The van der Waals surface area contributed by atoms with Gasteiger partial charge in [0.1, 0.15) is 23.4 Å². The second-order valence-corrected chi connectivity index (χ2v) is 6.50. The van der Waals surface area contributed by atoms with Crippen molar-refractivity contribution in [3.05, 3.63) is 53.6 Å². The summed E-state index contributed by atoms with van der Waals surface area (Å²) in [7, 11) is 1.82. The molecule has 0 unspecified atom stereocenters. The van der Waals surface area contributed by atoms with E-state index in [2.05, 4.69) is 15.2 Å². The number of hydrogen-bond acceptors (Lipinski definition) is 6. The van der Waals surface area contributed by atoms with E-state index in [-0.39, 0.29) is 5.91 Å². The van der Waals surface area contributed by atoms with E-state index >= 15 is 0 Å². The molecule has 134 valence electrons. The molecule has 4 rings (SSSR count). The van der Waals surface area contributed by atoms with Gasteiger partial charge in [-0.05, 0) is 34.1 Å². The molecule has 1 aromatic heterocycles. The number of nitrogens with zero attached hydrogens (tertiary/aromatic N) is 4. The first-order valence-corrected chi connectivity index (χ1v) is 8.57. The van der Waals surface area contributed by atoms with Crippen LogP contribution in [0.2, 0.25) is 0 Å². The highest BCUT2D eigenvalue weighted by Gasteiger charge is 2.19. The van der Waals surface area contributed by atoms with E-state index in [1.165, 1.54) is 0 Å². The van der Waals surface area contributed by atoms with E-state index in [9.17, 15) is 4.79 Å². The van der Waals surface area contributed by atoms with Gasteiger partial charge in [0.2, 0.25) is 5.91 Å². The fourth-order valence-corrected chi connectivity index (χ4v) is 3.11. The molecule has 0 bridgehead atoms. The van der Waals surface area contributed by atoms with Crippen molar-refractivity contribution in [1.29, 1.82) is 0 Å². The number of carbonyl (C=O) groups is 1. The minimum Gasteiger partial charge on any atom is -0.492 e. The highest BCUT2D eigenvalue weighted by molar-refractivity contribution is 5.78. The zero-order valence-corrected chi connectivity index (χ0v) is 14.6. The third-order valence-corrected chi connectivity index (χ3v) is 4.55. The Balaban J connectivity index is 1.39. The SMILES string of the molecule is CN(Cc1ccc2nonc2c1)C(=O)CN1CCOc2ccccc2C1. The van der Waals surface area contributed by atoms with Crippen LogP contribution in [0.1, 0.15) is 11.1 Å². The first-order valence-electron chi connectivity index (χ1n) is 8.57. The highest BCUT2D eigenvalue weighted by Crippen LogP contribution is 2.22. The second kappa shape index (κ2) is 7.13. The molecule has 2 aromatic carbocycles. The third kappa shape index (κ3) is 3.52. The number of ether oxygens (including phenoxy) is 1. The minimum atomic E-state index is 0.0720. The monoisotopic (exact) mass is 352 g/mol. The number of aromatic nitrogens is 2. The maximum atomic E-state index is 12.7. The number of fused-ring (bicyclic) bond motifs is 2. The first-order chi connectivity index (χ1) is 12.7. The number of rotatable bonds is 4. The molecule has 1 aliphatic heterocycles. The van der Waals surface area contributed by atoms with Gasteiger partial charge < -0.3 is 9.64 Å². The molecule has 3 aromatic rings. The molecular weight excluding hydrogens is 332 g/mol. The lowest BCUT2D eigenvalue weighted by Crippen LogP contribution is -2.38. The summed E-state index contributed by atoms with van der Waals surface area (Å²) in [5.41, 5.74) is 3.52. The van der Waals surface area contributed by atoms with Crippen LogP contribution in [-0.2, 0) is 17.9 Å². The molecule has 0 atom stereocenters. The Hall–Kier alpha value is -2.93. The molecule has 0 N–H and O–H groups in total. The minimum absolute atomic E-state index is 0.0720. The van der Waals surface area contributed by atoms with Gasteiger partial charge in [0.15, 0.2) is 0 Å². The molecular formula is C19H20N4O3. The van der Waals surface area contributed by atoms with Crippen LogP contribution in [0.25, 0.3) is 11.0 Å². The summed E-state index contributed by atoms with van der Waals surface area (Å²) in [6, 6.07) is 13.7. The van der Waals surface area contributed by atoms with Crippen molar-refractivity contribution in [3.8, 4) is 5.75 Å². The van der Waals surface area contributed by atoms with Crippen LogP contribution in [-0.4, -0.2) is 52.8 Å². The summed E-state index contributed by atoms with van der Waals surface area (Å²) >= 11 is 0. The van der Waals surface area contributed by atoms with Crippen molar-refractivity contribution in [3.63, 3.8) is 0 Å². The topological polar surface area (TPSA) is 71.7 Å². The van der Waals surface area contributed by atoms with E-state index in [0.29, 0.717) is 37.3 Å². The van der Waals surface area contributed by atoms with Crippen LogP contribution in [0.15, 0.2) is 47.1 Å². The van der Waals surface area contributed by atoms with Crippen molar-refractivity contribution in [2.45, 2.75) is 13.1 Å². The quantitative estimate of drug-likeness (QED) is 0.716. The fourth-order valence-electron chi connectivity index (χ4n) is 3.11. The Labute approximate surface area is 151 Å². The summed E-state index contributed by atoms with van der Waals surface area (Å²) in [4.78, 5) is 16.5. The van der Waals surface area contributed by atoms with Gasteiger partial charge in [0.25, 0.3) is 0 Å². The molecule has 0 spiro atoms. The Morgan fingerprint density at radius 2 is 2.04 bits per heavy atom. The normalized spacial score (nSPS) is 14.5. The summed E-state index contributed by atoms with van der Waals surface area (Å²) in [5.74, 6) is 0.980. The predicted molar refractivity (Wildman–Crippen MR) is 95.5 cm³/mol. The van der Waals surface area contributed by atoms with Crippen molar-refractivity contribution in [2.75, 3.05) is 26.7 Å². The maximum absolute atomic E-state index is 12.7. The van der Waals surface area contributed by atoms with Crippen molar-refractivity contribution >= 4 is 16.9 Å². The average Bonchev–Trinajstić information content (AvgIpc) is 3.01. The van der Waals surface area contributed by atoms with Crippen LogP contribution < -0.4 is 4.74 Å². The van der Waals surface area contributed by atoms with Crippen molar-refractivity contribution < 1.29 is 14.2 Å². The summed E-state index contributed by atoms with van der Waals surface area (Å²) in [6.07, 6.45) is 0. The smallest absolute Gasteiger partial charge is 0.236 e. The average molecular weight is 352 g/mol. The number of likely N-dealkylation sites (N-methyl/N-ethyl adjacent to an activating group) is 1. The van der Waals surface area contributed by atoms with Gasteiger partial charge in [-0.15, -0.1) is 0 Å². The molecule has 1 amide bonds. The fraction of sp³-hybridized carbons (Fsp3) is 0.316. The largest absolute Gasteiger partial charge is 0.492 e. The van der Waals surface area contributed by atoms with Gasteiger partial charge in [-0.3, -0.25) is 9.69 Å². The highest BCUT2D eigenvalue weighted by atomic mass is 16.6. The summed E-state index contributed by atoms with van der Waals surface area (Å²) in [6.45, 7) is 2.91. The molecule has 1 aliphatic rings. The van der Waals surface area contributed by atoms with Crippen LogP contribution in [0.5, 0.6) is 5.75 Å². The molecule has 7 nitrogen and oxygen atoms in total. The molecule has 2 heterocycles. The number of benzene rings is 2. The van der Waals surface area contributed by atoms with Crippen molar-refractivity contribution in [2.24, 2.45) is 0 Å². The first kappa shape index (κ1) is 16.5. The number of hydrogen-bond donors (Lipinski definition) is 0. The summed E-state index contributed by atoms with van der Waals surface area (Å²) in [5, 5.41) is 7.64. The van der Waals surface area contributed by atoms with Crippen molar-refractivity contribution in [1.82, 2.24) is 20.1 Å². The molecule has 0 fully saturated rings. The van der Waals surface area contributed by atoms with E-state index in [1.807, 2.05) is 49.5 Å². The van der Waals surface area contributed by atoms with Crippen LogP contribution in [0.3, 0.4) is 0 Å². The van der Waals surface area contributed by atoms with E-state index in [0.717, 1.165) is 23.4 Å². The van der Waals surface area contributed by atoms with Gasteiger partial charge in [-0.2, -0.15) is 0 Å². The Kier molecular flexibility index (Phi) is 4.53. The lowest BCUT2D eigenvalue weighted by atomic mass is 10.2. The Morgan fingerprint density at radius 3 is 2.96 bits per heavy atom. The zero-order valence-electron chi connectivity index (χ0n) is 14.6. The Morgan fingerprint density at radius 1 is 1.19 bits per heavy atom. The molecule has 0 radical (unpaired) electrons. The second-order valence-electron chi connectivity index (χ2n) is 6.50. The van der Waals surface area contributed by atoms with E-state index in [4.69, 9.17) is 9.37 Å². The number of para-hydroxylation sites is 1. The van der Waals surface area contributed by atoms with Crippen LogP contribution >= 0.6 is 0 Å². The van der Waals surface area contributed by atoms with Gasteiger partial charge in [0.05, 0.1) is 6.54 Å². The maximum Gasteiger partial charge on any atom is 0.236 e. The zero-order chi connectivity index (χ0) is 17.9. The van der Waals surface area contributed by atoms with E-state index in [1.54, 1.807) is 4.90 Å². The molecule has 0 saturated heterocycles. The number of carbonyl (C=O) groups excluding carboxylic acids is 1. The molecule has 26 heavy (non-hydrogen) atoms. The van der Waals surface area contributed by atoms with Gasteiger partial charge in [-0.1, -0.05) is 24.3 Å². The summed E-state index contributed by atoms with van der Waals surface area (Å²) < 4.78 is 10.5. The van der Waals surface area contributed by atoms with E-state index < -0.39 is 0 Å². The number of amides is 1. The lowest BCUT2D eigenvalue weighted by Gasteiger charge is -2.23. The lowest BCUT2D eigenvalue weighted by molar-refractivity contribution is -0.131. The Bertz CT molecular complexity index is 924. The van der Waals surface area contributed by atoms with Crippen LogP contribution in [0, 0.1) is 0 Å². The molecule has 0 aliphatic carbocycles. The van der Waals surface area contributed by atoms with Gasteiger partial charge >= 0.3 is 0 Å². The van der Waals surface area contributed by atoms with Gasteiger partial charge in [-0.25, -0.2) is 4.63 Å². The van der Waals surface area contributed by atoms with Crippen LogP contribution in [0.4, 0.5) is 0 Å². The molecule has 0 saturated carbocycles.